The molecular formula is C24H21F4N3O3S. The molecule has 1 aromatic heterocycles. The number of benzene rings is 2. The van der Waals surface area contributed by atoms with Crippen molar-refractivity contribution in [1.29, 1.82) is 0 Å². The quantitative estimate of drug-likeness (QED) is 0.289. The molecule has 0 atom stereocenters. The van der Waals surface area contributed by atoms with Crippen molar-refractivity contribution in [2.75, 3.05) is 10.6 Å². The Labute approximate surface area is 202 Å². The summed E-state index contributed by atoms with van der Waals surface area (Å²) in [7, 11) is 0. The molecule has 1 fully saturated rings. The van der Waals surface area contributed by atoms with Crippen LogP contribution in [0.4, 0.5) is 33.7 Å². The molecule has 2 aromatic carbocycles. The highest BCUT2D eigenvalue weighted by Crippen LogP contribution is 2.45. The van der Waals surface area contributed by atoms with Gasteiger partial charge in [-0.05, 0) is 61.6 Å². The van der Waals surface area contributed by atoms with E-state index in [2.05, 4.69) is 15.6 Å². The molecule has 0 unspecified atom stereocenters. The molecule has 0 saturated heterocycles. The van der Waals surface area contributed by atoms with Gasteiger partial charge in [-0.3, -0.25) is 4.79 Å². The molecule has 2 amide bonds. The minimum atomic E-state index is -4.66. The highest BCUT2D eigenvalue weighted by Gasteiger charge is 2.41. The van der Waals surface area contributed by atoms with Crippen LogP contribution in [0.3, 0.4) is 0 Å². The van der Waals surface area contributed by atoms with Gasteiger partial charge in [0.25, 0.3) is 0 Å². The van der Waals surface area contributed by atoms with Gasteiger partial charge in [0.15, 0.2) is 5.60 Å². The van der Waals surface area contributed by atoms with E-state index in [9.17, 15) is 27.2 Å². The van der Waals surface area contributed by atoms with Gasteiger partial charge in [0.2, 0.25) is 0 Å². The number of carbonyl (C=O) groups is 2. The van der Waals surface area contributed by atoms with Crippen molar-refractivity contribution >= 4 is 34.7 Å². The van der Waals surface area contributed by atoms with E-state index in [0.29, 0.717) is 23.9 Å². The van der Waals surface area contributed by atoms with Crippen molar-refractivity contribution in [3.63, 3.8) is 0 Å². The van der Waals surface area contributed by atoms with E-state index in [1.54, 1.807) is 30.5 Å². The van der Waals surface area contributed by atoms with Crippen molar-refractivity contribution in [3.05, 3.63) is 65.0 Å². The van der Waals surface area contributed by atoms with Crippen molar-refractivity contribution < 1.29 is 31.9 Å². The maximum atomic E-state index is 13.9. The second-order valence-corrected chi connectivity index (χ2v) is 9.20. The molecule has 0 radical (unpaired) electrons. The predicted molar refractivity (Wildman–Crippen MR) is 124 cm³/mol. The van der Waals surface area contributed by atoms with Gasteiger partial charge < -0.3 is 15.4 Å². The first-order valence-electron chi connectivity index (χ1n) is 10.8. The van der Waals surface area contributed by atoms with Crippen LogP contribution in [0, 0.1) is 5.82 Å². The lowest BCUT2D eigenvalue weighted by Crippen LogP contribution is -2.28. The number of aromatic nitrogens is 1. The Kier molecular flexibility index (Phi) is 6.79. The first kappa shape index (κ1) is 24.6. The fourth-order valence-corrected chi connectivity index (χ4v) is 5.10. The van der Waals surface area contributed by atoms with Crippen LogP contribution < -0.4 is 10.6 Å². The Morgan fingerprint density at radius 2 is 1.74 bits per heavy atom. The smallest absolute Gasteiger partial charge is 0.416 e. The molecule has 1 saturated carbocycles. The molecule has 35 heavy (non-hydrogen) atoms. The summed E-state index contributed by atoms with van der Waals surface area (Å²) in [6.07, 6.45) is 0.398. The second-order valence-electron chi connectivity index (χ2n) is 8.17. The summed E-state index contributed by atoms with van der Waals surface area (Å²) in [6, 6.07) is 7.58. The Bertz CT molecular complexity index is 1240. The second kappa shape index (κ2) is 9.65. The molecule has 2 N–H and O–H groups in total. The number of carbonyl (C=O) groups excluding carboxylic acids is 2. The normalized spacial score (nSPS) is 15.0. The molecule has 0 aliphatic heterocycles. The van der Waals surface area contributed by atoms with Gasteiger partial charge in [-0.25, -0.2) is 14.2 Å². The summed E-state index contributed by atoms with van der Waals surface area (Å²) in [6.45, 7) is 1.39. The van der Waals surface area contributed by atoms with E-state index in [1.807, 2.05) is 0 Å². The van der Waals surface area contributed by atoms with E-state index >= 15 is 0 Å². The Morgan fingerprint density at radius 3 is 2.37 bits per heavy atom. The monoisotopic (exact) mass is 507 g/mol. The molecule has 1 aliphatic rings. The Hall–Kier alpha value is -3.47. The third-order valence-electron chi connectivity index (χ3n) is 5.61. The average Bonchev–Trinajstić information content (AvgIpc) is 3.45. The zero-order chi connectivity index (χ0) is 25.2. The lowest BCUT2D eigenvalue weighted by atomic mass is 10.0. The van der Waals surface area contributed by atoms with Gasteiger partial charge in [0.05, 0.1) is 16.1 Å². The third-order valence-corrected chi connectivity index (χ3v) is 6.85. The molecule has 3 aromatic rings. The van der Waals surface area contributed by atoms with Crippen LogP contribution in [0.2, 0.25) is 0 Å². The molecule has 6 nitrogen and oxygen atoms in total. The summed E-state index contributed by atoms with van der Waals surface area (Å²) >= 11 is 1.43. The van der Waals surface area contributed by atoms with Gasteiger partial charge in [0, 0.05) is 18.8 Å². The minimum Gasteiger partial charge on any atom is -0.452 e. The van der Waals surface area contributed by atoms with Crippen molar-refractivity contribution in [3.8, 4) is 10.4 Å². The van der Waals surface area contributed by atoms with Crippen LogP contribution in [-0.4, -0.2) is 17.0 Å². The Balaban J connectivity index is 1.44. The topological polar surface area (TPSA) is 80.3 Å². The molecule has 4 rings (SSSR count). The van der Waals surface area contributed by atoms with Crippen LogP contribution in [-0.2, 0) is 21.3 Å². The lowest BCUT2D eigenvalue weighted by Gasteiger charge is -2.25. The summed E-state index contributed by atoms with van der Waals surface area (Å²) in [5.74, 6) is -1.33. The number of ether oxygens (including phenoxy) is 1. The highest BCUT2D eigenvalue weighted by molar-refractivity contribution is 7.15. The van der Waals surface area contributed by atoms with Crippen LogP contribution in [0.5, 0.6) is 0 Å². The molecule has 0 spiro atoms. The number of hydrogen-bond acceptors (Lipinski definition) is 5. The summed E-state index contributed by atoms with van der Waals surface area (Å²) in [4.78, 5) is 29.2. The maximum Gasteiger partial charge on any atom is 0.416 e. The molecule has 1 heterocycles. The summed E-state index contributed by atoms with van der Waals surface area (Å²) < 4.78 is 58.1. The van der Waals surface area contributed by atoms with Gasteiger partial charge >= 0.3 is 18.2 Å². The lowest BCUT2D eigenvalue weighted by molar-refractivity contribution is -0.157. The first-order chi connectivity index (χ1) is 16.6. The Morgan fingerprint density at radius 1 is 1.06 bits per heavy atom. The third kappa shape index (κ3) is 5.61. The number of amides is 2. The fraction of sp³-hybridized carbons (Fsp3) is 0.292. The number of halogens is 4. The van der Waals surface area contributed by atoms with E-state index in [4.69, 9.17) is 4.74 Å². The van der Waals surface area contributed by atoms with E-state index < -0.39 is 34.9 Å². The van der Waals surface area contributed by atoms with Crippen molar-refractivity contribution in [2.24, 2.45) is 0 Å². The zero-order valence-electron chi connectivity index (χ0n) is 18.5. The molecule has 11 heteroatoms. The first-order valence-corrected chi connectivity index (χ1v) is 11.6. The van der Waals surface area contributed by atoms with Gasteiger partial charge in [0.1, 0.15) is 10.8 Å². The fourth-order valence-electron chi connectivity index (χ4n) is 4.00. The number of esters is 1. The largest absolute Gasteiger partial charge is 0.452 e. The minimum absolute atomic E-state index is 0.345. The molecular weight excluding hydrogens is 486 g/mol. The number of anilines is 2. The predicted octanol–water partition coefficient (Wildman–Crippen LogP) is 6.94. The number of alkyl halides is 3. The standard InChI is InChI=1S/C24H21F4N3O3S/c1-14(32)34-23(10-2-3-11-23)21-29-13-20(35-21)15-4-7-17(8-5-15)30-22(33)31-19-12-16(24(26,27)28)6-9-18(19)25/h4-9,12-13H,2-3,10-11H2,1H3,(H2,30,31,33). The van der Waals surface area contributed by atoms with Crippen LogP contribution in [0.25, 0.3) is 10.4 Å². The van der Waals surface area contributed by atoms with Crippen molar-refractivity contribution in [1.82, 2.24) is 4.98 Å². The van der Waals surface area contributed by atoms with E-state index in [-0.39, 0.29) is 5.97 Å². The van der Waals surface area contributed by atoms with Crippen LogP contribution in [0.1, 0.15) is 43.2 Å². The van der Waals surface area contributed by atoms with Crippen LogP contribution >= 0.6 is 11.3 Å². The number of thiazole rings is 1. The van der Waals surface area contributed by atoms with E-state index in [0.717, 1.165) is 41.1 Å². The SMILES string of the molecule is CC(=O)OC1(c2ncc(-c3ccc(NC(=O)Nc4cc(C(F)(F)F)ccc4F)cc3)s2)CCCC1. The highest BCUT2D eigenvalue weighted by atomic mass is 32.1. The molecule has 184 valence electrons. The average molecular weight is 508 g/mol. The van der Waals surface area contributed by atoms with Crippen molar-refractivity contribution in [2.45, 2.75) is 44.4 Å². The molecule has 0 bridgehead atoms. The number of nitrogens with one attached hydrogen (secondary N) is 2. The number of hydrogen-bond donors (Lipinski definition) is 2. The van der Waals surface area contributed by atoms with Gasteiger partial charge in [-0.2, -0.15) is 13.2 Å². The summed E-state index contributed by atoms with van der Waals surface area (Å²) in [5, 5.41) is 5.30. The van der Waals surface area contributed by atoms with Gasteiger partial charge in [-0.15, -0.1) is 11.3 Å². The molecule has 1 aliphatic carbocycles. The van der Waals surface area contributed by atoms with E-state index in [1.165, 1.54) is 18.3 Å². The number of rotatable bonds is 5. The van der Waals surface area contributed by atoms with Crippen LogP contribution in [0.15, 0.2) is 48.7 Å². The number of nitrogens with zero attached hydrogens (tertiary/aromatic N) is 1. The van der Waals surface area contributed by atoms with Gasteiger partial charge in [-0.1, -0.05) is 12.1 Å². The maximum absolute atomic E-state index is 13.9. The zero-order valence-corrected chi connectivity index (χ0v) is 19.4. The number of urea groups is 1. The summed E-state index contributed by atoms with van der Waals surface area (Å²) in [5.41, 5.74) is -1.17.